The van der Waals surface area contributed by atoms with E-state index in [1.807, 2.05) is 0 Å². The van der Waals surface area contributed by atoms with Crippen molar-refractivity contribution in [2.75, 3.05) is 6.61 Å². The number of pyridine rings is 1. The number of benzene rings is 4. The number of nitro groups is 2. The highest BCUT2D eigenvalue weighted by atomic mass is 32.2. The Morgan fingerprint density at radius 1 is 0.817 bits per heavy atom. The number of sulfone groups is 1. The summed E-state index contributed by atoms with van der Waals surface area (Å²) in [6, 6.07) is 27.0. The van der Waals surface area contributed by atoms with Gasteiger partial charge in [0.15, 0.2) is 27.4 Å². The number of esters is 2. The minimum absolute atomic E-state index is 0.00185. The largest absolute Gasteiger partial charge is 0.513 e. The predicted octanol–water partition coefficient (Wildman–Crippen LogP) is 5.77. The first-order chi connectivity index (χ1) is 28.7. The zero-order chi connectivity index (χ0) is 42.8. The molecule has 0 aliphatic carbocycles. The predicted molar refractivity (Wildman–Crippen MR) is 208 cm³/mol. The number of carbonyl (C=O) groups excluding carboxylic acids is 4. The molecule has 0 spiro atoms. The minimum Gasteiger partial charge on any atom is -0.451 e. The van der Waals surface area contributed by atoms with Gasteiger partial charge in [-0.1, -0.05) is 60.7 Å². The van der Waals surface area contributed by atoms with Crippen LogP contribution in [-0.4, -0.2) is 74.9 Å². The molecular weight excluding hydrogens is 805 g/mol. The van der Waals surface area contributed by atoms with Crippen molar-refractivity contribution in [2.45, 2.75) is 29.2 Å². The summed E-state index contributed by atoms with van der Waals surface area (Å²) in [7, 11) is -4.69. The first kappa shape index (κ1) is 40.4. The Balaban J connectivity index is 1.19. The Morgan fingerprint density at radius 2 is 1.35 bits per heavy atom. The Morgan fingerprint density at radius 3 is 1.88 bits per heavy atom. The van der Waals surface area contributed by atoms with Crippen LogP contribution in [0.15, 0.2) is 133 Å². The van der Waals surface area contributed by atoms with Crippen LogP contribution in [0.4, 0.5) is 16.2 Å². The number of hydrogen-bond acceptors (Lipinski definition) is 15. The Labute approximate surface area is 339 Å². The van der Waals surface area contributed by atoms with Crippen LogP contribution in [0.5, 0.6) is 11.5 Å². The number of β-lactam (4-membered cyclic amide) rings is 1. The second-order valence-corrected chi connectivity index (χ2v) is 16.0. The molecule has 0 bridgehead atoms. The van der Waals surface area contributed by atoms with Crippen LogP contribution in [-0.2, 0) is 28.9 Å². The standard InChI is InChI=1S/C41H30N4O14S/c1-41(24-56-40(49)58-32-18-14-30(15-19-32)45(52)53)35(39(48)59-34(25-8-4-2-5-9-25)26-10-6-3-7-11-26)43-36(46)33(37(43)60(41,54)55)23-28-22-27(20-21-42-28)38(47)57-31-16-12-29(13-17-31)44(50)51/h2-23,34-35,37H,24H2,1H3/t35-,37+,41-/m0/s1. The van der Waals surface area contributed by atoms with E-state index in [4.69, 9.17) is 18.9 Å². The topological polar surface area (TPSA) is 242 Å². The van der Waals surface area contributed by atoms with Crippen molar-refractivity contribution in [1.29, 1.82) is 0 Å². The third kappa shape index (κ3) is 7.75. The van der Waals surface area contributed by atoms with Gasteiger partial charge in [-0.25, -0.2) is 22.8 Å². The molecule has 0 radical (unpaired) electrons. The third-order valence-corrected chi connectivity index (χ3v) is 12.5. The highest BCUT2D eigenvalue weighted by Gasteiger charge is 2.73. The minimum atomic E-state index is -4.69. The quantitative estimate of drug-likeness (QED) is 0.0275. The van der Waals surface area contributed by atoms with Crippen molar-refractivity contribution in [3.63, 3.8) is 0 Å². The van der Waals surface area contributed by atoms with Crippen LogP contribution in [0.2, 0.25) is 0 Å². The average molecular weight is 835 g/mol. The zero-order valence-corrected chi connectivity index (χ0v) is 31.9. The van der Waals surface area contributed by atoms with E-state index >= 15 is 0 Å². The molecule has 4 aromatic carbocycles. The third-order valence-electron chi connectivity index (χ3n) is 9.77. The number of nitro benzene ring substituents is 2. The summed E-state index contributed by atoms with van der Waals surface area (Å²) >= 11 is 0. The van der Waals surface area contributed by atoms with E-state index in [0.717, 1.165) is 54.3 Å². The van der Waals surface area contributed by atoms with Crippen LogP contribution < -0.4 is 9.47 Å². The molecule has 5 aromatic rings. The van der Waals surface area contributed by atoms with Crippen molar-refractivity contribution >= 4 is 51.3 Å². The summed E-state index contributed by atoms with van der Waals surface area (Å²) < 4.78 is 48.6. The maximum Gasteiger partial charge on any atom is 0.513 e. The highest BCUT2D eigenvalue weighted by molar-refractivity contribution is 7.94. The van der Waals surface area contributed by atoms with E-state index in [1.165, 1.54) is 30.5 Å². The first-order valence-corrected chi connectivity index (χ1v) is 19.3. The Hall–Kier alpha value is -7.80. The van der Waals surface area contributed by atoms with E-state index in [2.05, 4.69) is 4.98 Å². The number of hydrogen-bond donors (Lipinski definition) is 0. The average Bonchev–Trinajstić information content (AvgIpc) is 3.41. The van der Waals surface area contributed by atoms with Gasteiger partial charge < -0.3 is 23.8 Å². The van der Waals surface area contributed by atoms with Crippen LogP contribution >= 0.6 is 0 Å². The van der Waals surface area contributed by atoms with Gasteiger partial charge in [0.2, 0.25) is 0 Å². The monoisotopic (exact) mass is 834 g/mol. The lowest BCUT2D eigenvalue weighted by Gasteiger charge is -2.39. The molecule has 2 aliphatic rings. The van der Waals surface area contributed by atoms with Gasteiger partial charge >= 0.3 is 18.1 Å². The van der Waals surface area contributed by atoms with Crippen LogP contribution in [0.3, 0.4) is 0 Å². The highest BCUT2D eigenvalue weighted by Crippen LogP contribution is 2.50. The molecule has 3 heterocycles. The maximum absolute atomic E-state index is 14.6. The molecule has 18 nitrogen and oxygen atoms in total. The van der Waals surface area contributed by atoms with Gasteiger partial charge in [-0.2, -0.15) is 0 Å². The van der Waals surface area contributed by atoms with Gasteiger partial charge in [0, 0.05) is 30.5 Å². The zero-order valence-electron chi connectivity index (χ0n) is 31.1. The van der Waals surface area contributed by atoms with Gasteiger partial charge in [-0.15, -0.1) is 0 Å². The van der Waals surface area contributed by atoms with Gasteiger partial charge in [-0.05, 0) is 60.5 Å². The molecule has 2 aliphatic heterocycles. The molecule has 0 saturated carbocycles. The van der Waals surface area contributed by atoms with Crippen molar-refractivity contribution in [3.05, 3.63) is 176 Å². The summed E-state index contributed by atoms with van der Waals surface area (Å²) in [4.78, 5) is 80.0. The van der Waals surface area contributed by atoms with Crippen molar-refractivity contribution in [3.8, 4) is 11.5 Å². The fourth-order valence-electron chi connectivity index (χ4n) is 6.72. The summed E-state index contributed by atoms with van der Waals surface area (Å²) in [6.07, 6.45) is -0.108. The summed E-state index contributed by atoms with van der Waals surface area (Å²) in [5.41, 5.74) is 0.151. The molecule has 60 heavy (non-hydrogen) atoms. The number of rotatable bonds is 12. The van der Waals surface area contributed by atoms with E-state index < -0.39 is 72.6 Å². The van der Waals surface area contributed by atoms with Crippen molar-refractivity contribution in [2.24, 2.45) is 0 Å². The number of ether oxygens (including phenoxy) is 4. The summed E-state index contributed by atoms with van der Waals surface area (Å²) in [5.74, 6) is -3.07. The maximum atomic E-state index is 14.6. The van der Waals surface area contributed by atoms with Crippen molar-refractivity contribution in [1.82, 2.24) is 9.88 Å². The lowest BCUT2D eigenvalue weighted by atomic mass is 9.93. The SMILES string of the molecule is C[C@]1(COC(=O)Oc2ccc([N+](=O)[O-])cc2)[C@H](C(=O)OC(c2ccccc2)c2ccccc2)N2C(=O)C(=Cc3cc(C(=O)Oc4ccc([N+](=O)[O-])cc4)ccn3)[C@H]2S1(=O)=O. The molecular formula is C41H30N4O14S. The second kappa shape index (κ2) is 16.2. The normalized spacial score (nSPS) is 19.5. The lowest BCUT2D eigenvalue weighted by Crippen LogP contribution is -2.60. The molecule has 1 amide bonds. The van der Waals surface area contributed by atoms with Crippen LogP contribution in [0, 0.1) is 20.2 Å². The van der Waals surface area contributed by atoms with E-state index in [9.17, 15) is 47.8 Å². The lowest BCUT2D eigenvalue weighted by molar-refractivity contribution is -0.385. The Kier molecular flexibility index (Phi) is 10.9. The molecule has 0 N–H and O–H groups in total. The Bertz CT molecular complexity index is 2620. The van der Waals surface area contributed by atoms with E-state index in [1.54, 1.807) is 60.7 Å². The molecule has 2 fully saturated rings. The molecule has 2 saturated heterocycles. The van der Waals surface area contributed by atoms with E-state index in [0.29, 0.717) is 11.1 Å². The number of carbonyl (C=O) groups is 4. The van der Waals surface area contributed by atoms with Gasteiger partial charge in [0.25, 0.3) is 17.3 Å². The molecule has 7 rings (SSSR count). The molecule has 19 heteroatoms. The van der Waals surface area contributed by atoms with E-state index in [-0.39, 0.29) is 39.7 Å². The smallest absolute Gasteiger partial charge is 0.451 e. The first-order valence-electron chi connectivity index (χ1n) is 17.8. The van der Waals surface area contributed by atoms with Gasteiger partial charge in [0.1, 0.15) is 22.9 Å². The van der Waals surface area contributed by atoms with Crippen LogP contribution in [0.1, 0.15) is 40.2 Å². The number of aromatic nitrogens is 1. The number of nitrogens with zero attached hydrogens (tertiary/aromatic N) is 4. The summed E-state index contributed by atoms with van der Waals surface area (Å²) in [5, 5.41) is 20.3. The van der Waals surface area contributed by atoms with Gasteiger partial charge in [0.05, 0.1) is 26.7 Å². The fourth-order valence-corrected chi connectivity index (χ4v) is 8.99. The molecule has 1 aromatic heterocycles. The van der Waals surface area contributed by atoms with Crippen LogP contribution in [0.25, 0.3) is 6.08 Å². The number of non-ortho nitro benzene ring substituents is 2. The molecule has 3 atom stereocenters. The summed E-state index contributed by atoms with van der Waals surface area (Å²) in [6.45, 7) is 0.127. The fraction of sp³-hybridized carbons (Fsp3) is 0.146. The molecule has 304 valence electrons. The number of amides is 1. The number of fused-ring (bicyclic) bond motifs is 1. The van der Waals surface area contributed by atoms with Crippen molar-refractivity contribution < 1.29 is 56.4 Å². The molecule has 0 unspecified atom stereocenters. The van der Waals surface area contributed by atoms with Gasteiger partial charge in [-0.3, -0.25) is 30.0 Å². The second-order valence-electron chi connectivity index (χ2n) is 13.6.